The number of carbonyl (C=O) groups is 3. The van der Waals surface area contributed by atoms with E-state index in [9.17, 15) is 14.4 Å². The molecule has 1 atom stereocenters. The van der Waals surface area contributed by atoms with Gasteiger partial charge in [0.1, 0.15) is 6.04 Å². The van der Waals surface area contributed by atoms with Crippen molar-refractivity contribution in [1.82, 2.24) is 25.3 Å². The number of hydrogen-bond donors (Lipinski definition) is 3. The number of carbonyl (C=O) groups excluding carboxylic acids is 3. The molecule has 0 aliphatic heterocycles. The Morgan fingerprint density at radius 2 is 1.69 bits per heavy atom. The molecule has 3 rings (SSSR count). The number of anilines is 3. The van der Waals surface area contributed by atoms with Crippen LogP contribution in [0.3, 0.4) is 0 Å². The minimum absolute atomic E-state index is 0.0152. The Balaban J connectivity index is 1.64. The van der Waals surface area contributed by atoms with Gasteiger partial charge in [0.15, 0.2) is 17.0 Å². The molecule has 2 aromatic heterocycles. The fourth-order valence-electron chi connectivity index (χ4n) is 3.60. The van der Waals surface area contributed by atoms with Gasteiger partial charge in [0.05, 0.1) is 31.6 Å². The van der Waals surface area contributed by atoms with Crippen LogP contribution in [0.2, 0.25) is 0 Å². The molecule has 39 heavy (non-hydrogen) atoms. The van der Waals surface area contributed by atoms with Crippen molar-refractivity contribution in [3.05, 3.63) is 41.7 Å². The van der Waals surface area contributed by atoms with Gasteiger partial charge in [-0.25, -0.2) is 14.8 Å². The molecule has 0 fully saturated rings. The second kappa shape index (κ2) is 13.8. The fourth-order valence-corrected chi connectivity index (χ4v) is 3.60. The van der Waals surface area contributed by atoms with Gasteiger partial charge in [0.2, 0.25) is 5.95 Å². The summed E-state index contributed by atoms with van der Waals surface area (Å²) in [5.41, 5.74) is 14.0. The maximum absolute atomic E-state index is 12.9. The maximum atomic E-state index is 12.9. The smallest absolute Gasteiger partial charge is 0.328 e. The molecule has 5 N–H and O–H groups in total. The van der Waals surface area contributed by atoms with Crippen molar-refractivity contribution in [2.45, 2.75) is 52.1 Å². The molecule has 1 unspecified atom stereocenters. The zero-order chi connectivity index (χ0) is 28.4. The Morgan fingerprint density at radius 1 is 1.00 bits per heavy atom. The van der Waals surface area contributed by atoms with Crippen LogP contribution >= 0.6 is 0 Å². The lowest BCUT2D eigenvalue weighted by molar-refractivity contribution is -0.147. The molecule has 0 radical (unpaired) electrons. The second-order valence-electron chi connectivity index (χ2n) is 8.86. The average Bonchev–Trinajstić information content (AvgIpc) is 2.92. The molecule has 1 aromatic carbocycles. The lowest BCUT2D eigenvalue weighted by Gasteiger charge is -2.20. The van der Waals surface area contributed by atoms with Crippen LogP contribution in [-0.4, -0.2) is 64.1 Å². The molecule has 0 bridgehead atoms. The molecule has 13 nitrogen and oxygen atoms in total. The molecular formula is C26H34N8O5. The number of fused-ring (bicyclic) bond motifs is 1. The molecule has 0 aliphatic rings. The molecule has 0 saturated carbocycles. The summed E-state index contributed by atoms with van der Waals surface area (Å²) in [7, 11) is 1.86. The zero-order valence-electron chi connectivity index (χ0n) is 22.3. The number of aromatic nitrogens is 4. The number of nitrogens with zero attached hydrogens (tertiary/aromatic N) is 5. The van der Waals surface area contributed by atoms with Gasteiger partial charge in [-0.15, -0.1) is 0 Å². The number of rotatable bonds is 13. The summed E-state index contributed by atoms with van der Waals surface area (Å²) in [6.07, 6.45) is 2.98. The van der Waals surface area contributed by atoms with Crippen molar-refractivity contribution in [2.24, 2.45) is 0 Å². The predicted molar refractivity (Wildman–Crippen MR) is 145 cm³/mol. The first-order valence-electron chi connectivity index (χ1n) is 12.7. The van der Waals surface area contributed by atoms with Crippen LogP contribution in [0.25, 0.3) is 11.2 Å². The highest BCUT2D eigenvalue weighted by atomic mass is 16.5. The van der Waals surface area contributed by atoms with Gasteiger partial charge in [0.25, 0.3) is 5.91 Å². The van der Waals surface area contributed by atoms with E-state index in [1.165, 1.54) is 0 Å². The quantitative estimate of drug-likeness (QED) is 0.269. The lowest BCUT2D eigenvalue weighted by atomic mass is 10.1. The Labute approximate surface area is 226 Å². The van der Waals surface area contributed by atoms with Gasteiger partial charge >= 0.3 is 11.9 Å². The molecule has 208 valence electrons. The predicted octanol–water partition coefficient (Wildman–Crippen LogP) is 2.01. The van der Waals surface area contributed by atoms with Crippen LogP contribution in [0.5, 0.6) is 0 Å². The van der Waals surface area contributed by atoms with E-state index in [1.807, 2.05) is 25.8 Å². The van der Waals surface area contributed by atoms with Crippen molar-refractivity contribution in [2.75, 3.05) is 36.6 Å². The van der Waals surface area contributed by atoms with Crippen LogP contribution < -0.4 is 21.7 Å². The van der Waals surface area contributed by atoms with E-state index in [4.69, 9.17) is 20.9 Å². The highest BCUT2D eigenvalue weighted by Gasteiger charge is 2.24. The van der Waals surface area contributed by atoms with E-state index in [0.717, 1.165) is 5.69 Å². The van der Waals surface area contributed by atoms with E-state index in [2.05, 4.69) is 25.3 Å². The third kappa shape index (κ3) is 8.22. The van der Waals surface area contributed by atoms with Crippen molar-refractivity contribution in [3.8, 4) is 0 Å². The first kappa shape index (κ1) is 29.0. The Kier molecular flexibility index (Phi) is 10.3. The Hall–Kier alpha value is -4.55. The van der Waals surface area contributed by atoms with Crippen LogP contribution in [0.15, 0.2) is 30.5 Å². The summed E-state index contributed by atoms with van der Waals surface area (Å²) in [5.74, 6) is -1.29. The van der Waals surface area contributed by atoms with Gasteiger partial charge in [-0.3, -0.25) is 9.59 Å². The monoisotopic (exact) mass is 538 g/mol. The highest BCUT2D eigenvalue weighted by molar-refractivity contribution is 5.97. The zero-order valence-corrected chi connectivity index (χ0v) is 22.3. The minimum Gasteiger partial charge on any atom is -0.466 e. The standard InChI is InChI=1S/C26H34N8O5/c1-4-12-38-20(35)11-10-19(25(37)39-13-5-2)31-24(36)16-6-8-18(9-7-16)34(3)15-17-14-29-23-21(30-17)22(27)32-26(28)33-23/h6-9,14,19H,4-5,10-13,15H2,1-3H3,(H,31,36)(H4,27,28,29,32,33). The second-order valence-corrected chi connectivity index (χ2v) is 8.86. The largest absolute Gasteiger partial charge is 0.466 e. The van der Waals surface area contributed by atoms with Crippen molar-refractivity contribution in [1.29, 1.82) is 0 Å². The van der Waals surface area contributed by atoms with Gasteiger partial charge < -0.3 is 31.2 Å². The molecular weight excluding hydrogens is 504 g/mol. The maximum Gasteiger partial charge on any atom is 0.328 e. The van der Waals surface area contributed by atoms with E-state index < -0.39 is 23.9 Å². The van der Waals surface area contributed by atoms with Gasteiger partial charge in [0, 0.05) is 24.7 Å². The summed E-state index contributed by atoms with van der Waals surface area (Å²) in [5, 5.41) is 2.68. The van der Waals surface area contributed by atoms with Crippen molar-refractivity contribution in [3.63, 3.8) is 0 Å². The lowest BCUT2D eigenvalue weighted by Crippen LogP contribution is -2.42. The first-order valence-corrected chi connectivity index (χ1v) is 12.7. The number of esters is 2. The van der Waals surface area contributed by atoms with E-state index in [1.54, 1.807) is 30.5 Å². The van der Waals surface area contributed by atoms with E-state index >= 15 is 0 Å². The van der Waals surface area contributed by atoms with E-state index in [0.29, 0.717) is 48.4 Å². The Bertz CT molecular complexity index is 1300. The molecule has 13 heteroatoms. The molecule has 3 aromatic rings. The molecule has 2 heterocycles. The fraction of sp³-hybridized carbons (Fsp3) is 0.423. The third-order valence-electron chi connectivity index (χ3n) is 5.61. The first-order chi connectivity index (χ1) is 18.7. The molecule has 1 amide bonds. The van der Waals surface area contributed by atoms with Gasteiger partial charge in [-0.1, -0.05) is 13.8 Å². The highest BCUT2D eigenvalue weighted by Crippen LogP contribution is 2.19. The summed E-state index contributed by atoms with van der Waals surface area (Å²) >= 11 is 0. The number of nitrogens with two attached hydrogens (primary N) is 2. The van der Waals surface area contributed by atoms with Crippen LogP contribution in [-0.2, 0) is 25.6 Å². The Morgan fingerprint density at radius 3 is 2.38 bits per heavy atom. The average molecular weight is 539 g/mol. The van der Waals surface area contributed by atoms with Crippen LogP contribution in [0.1, 0.15) is 55.6 Å². The van der Waals surface area contributed by atoms with Crippen molar-refractivity contribution < 1.29 is 23.9 Å². The number of hydrogen-bond acceptors (Lipinski definition) is 12. The molecule has 0 spiro atoms. The van der Waals surface area contributed by atoms with Crippen molar-refractivity contribution >= 4 is 46.5 Å². The summed E-state index contributed by atoms with van der Waals surface area (Å²) in [6.45, 7) is 4.69. The molecule has 0 saturated heterocycles. The SMILES string of the molecule is CCCOC(=O)CCC(NC(=O)c1ccc(N(C)Cc2cnc3nc(N)nc(N)c3n2)cc1)C(=O)OCCC. The van der Waals surface area contributed by atoms with E-state index in [-0.39, 0.29) is 31.2 Å². The summed E-state index contributed by atoms with van der Waals surface area (Å²) in [6, 6.07) is 5.86. The third-order valence-corrected chi connectivity index (χ3v) is 5.61. The number of ether oxygens (including phenoxy) is 2. The van der Waals surface area contributed by atoms with Gasteiger partial charge in [-0.05, 0) is 43.5 Å². The molecule has 0 aliphatic carbocycles. The topological polar surface area (TPSA) is 189 Å². The number of nitrogens with one attached hydrogen (secondary N) is 1. The number of nitrogen functional groups attached to an aromatic ring is 2. The summed E-state index contributed by atoms with van der Waals surface area (Å²) in [4.78, 5) is 55.9. The van der Waals surface area contributed by atoms with Crippen LogP contribution in [0.4, 0.5) is 17.5 Å². The number of amides is 1. The summed E-state index contributed by atoms with van der Waals surface area (Å²) < 4.78 is 10.3. The normalized spacial score (nSPS) is 11.6. The minimum atomic E-state index is -0.973. The number of benzene rings is 1. The van der Waals surface area contributed by atoms with Gasteiger partial charge in [-0.2, -0.15) is 9.97 Å². The van der Waals surface area contributed by atoms with Crippen LogP contribution in [0, 0.1) is 0 Å².